The molecule has 0 bridgehead atoms. The lowest BCUT2D eigenvalue weighted by Gasteiger charge is -2.35. The van der Waals surface area contributed by atoms with Crippen LogP contribution in [-0.2, 0) is 5.41 Å². The third kappa shape index (κ3) is 2.01. The quantitative estimate of drug-likeness (QED) is 0.823. The van der Waals surface area contributed by atoms with Crippen molar-refractivity contribution in [1.29, 1.82) is 0 Å². The molecule has 0 aliphatic heterocycles. The minimum Gasteiger partial charge on any atom is -0.393 e. The van der Waals surface area contributed by atoms with E-state index in [9.17, 15) is 5.11 Å². The van der Waals surface area contributed by atoms with Gasteiger partial charge in [-0.1, -0.05) is 43.7 Å². The molecule has 16 heavy (non-hydrogen) atoms. The first kappa shape index (κ1) is 11.7. The van der Waals surface area contributed by atoms with Gasteiger partial charge in [0.1, 0.15) is 0 Å². The van der Waals surface area contributed by atoms with Crippen LogP contribution >= 0.6 is 0 Å². The van der Waals surface area contributed by atoms with Crippen molar-refractivity contribution in [3.05, 3.63) is 35.9 Å². The molecule has 0 spiro atoms. The molecule has 0 saturated heterocycles. The normalized spacial score (nSPS) is 31.6. The van der Waals surface area contributed by atoms with Crippen molar-refractivity contribution in [3.63, 3.8) is 0 Å². The summed E-state index contributed by atoms with van der Waals surface area (Å²) in [5, 5.41) is 9.76. The van der Waals surface area contributed by atoms with Crippen molar-refractivity contribution in [2.24, 2.45) is 5.92 Å². The molecule has 0 radical (unpaired) electrons. The van der Waals surface area contributed by atoms with Gasteiger partial charge >= 0.3 is 0 Å². The Morgan fingerprint density at radius 1 is 1.38 bits per heavy atom. The molecule has 0 amide bonds. The molecule has 88 valence electrons. The summed E-state index contributed by atoms with van der Waals surface area (Å²) in [6.07, 6.45) is 4.51. The average molecular weight is 218 g/mol. The molecular weight excluding hydrogens is 196 g/mol. The summed E-state index contributed by atoms with van der Waals surface area (Å²) >= 11 is 0. The highest BCUT2D eigenvalue weighted by Crippen LogP contribution is 2.48. The Morgan fingerprint density at radius 3 is 2.56 bits per heavy atom. The third-order valence-corrected chi connectivity index (χ3v) is 4.21. The highest BCUT2D eigenvalue weighted by molar-refractivity contribution is 5.28. The van der Waals surface area contributed by atoms with E-state index in [0.29, 0.717) is 5.92 Å². The lowest BCUT2D eigenvalue weighted by molar-refractivity contribution is 0.132. The topological polar surface area (TPSA) is 20.2 Å². The van der Waals surface area contributed by atoms with Gasteiger partial charge in [0.25, 0.3) is 0 Å². The highest BCUT2D eigenvalue weighted by Gasteiger charge is 2.42. The van der Waals surface area contributed by atoms with Gasteiger partial charge in [0.05, 0.1) is 6.10 Å². The molecule has 1 N–H and O–H groups in total. The summed E-state index contributed by atoms with van der Waals surface area (Å²) in [4.78, 5) is 0. The Kier molecular flexibility index (Phi) is 3.34. The van der Waals surface area contributed by atoms with E-state index in [-0.39, 0.29) is 11.5 Å². The van der Waals surface area contributed by atoms with Crippen LogP contribution in [0.3, 0.4) is 0 Å². The smallest absolute Gasteiger partial charge is 0.0520 e. The number of hydrogen-bond donors (Lipinski definition) is 1. The maximum Gasteiger partial charge on any atom is 0.0520 e. The molecule has 0 aromatic heterocycles. The average Bonchev–Trinajstić information content (AvgIpc) is 2.62. The largest absolute Gasteiger partial charge is 0.393 e. The first-order chi connectivity index (χ1) is 7.65. The predicted molar refractivity (Wildman–Crippen MR) is 67.4 cm³/mol. The standard InChI is InChI=1S/C15H22O/c1-12-7-6-10-15(12,11-13(2)16)14-8-4-3-5-9-14/h3-5,8-9,12-13,16H,6-7,10-11H2,1-2H3/t12-,13-,15+/m0/s1. The fourth-order valence-electron chi connectivity index (χ4n) is 3.39. The van der Waals surface area contributed by atoms with Crippen LogP contribution in [0.2, 0.25) is 0 Å². The molecule has 1 fully saturated rings. The van der Waals surface area contributed by atoms with Crippen molar-refractivity contribution in [3.8, 4) is 0 Å². The number of aliphatic hydroxyl groups is 1. The van der Waals surface area contributed by atoms with Crippen molar-refractivity contribution in [2.75, 3.05) is 0 Å². The van der Waals surface area contributed by atoms with Crippen molar-refractivity contribution in [2.45, 2.75) is 51.0 Å². The summed E-state index contributed by atoms with van der Waals surface area (Å²) in [6, 6.07) is 10.8. The van der Waals surface area contributed by atoms with Gasteiger partial charge in [-0.05, 0) is 37.7 Å². The van der Waals surface area contributed by atoms with Gasteiger partial charge in [0.15, 0.2) is 0 Å². The van der Waals surface area contributed by atoms with Gasteiger partial charge in [-0.25, -0.2) is 0 Å². The van der Waals surface area contributed by atoms with Crippen LogP contribution in [0.4, 0.5) is 0 Å². The molecular formula is C15H22O. The zero-order valence-corrected chi connectivity index (χ0v) is 10.3. The first-order valence-electron chi connectivity index (χ1n) is 6.39. The predicted octanol–water partition coefficient (Wildman–Crippen LogP) is 3.52. The molecule has 3 atom stereocenters. The van der Waals surface area contributed by atoms with E-state index in [4.69, 9.17) is 0 Å². The summed E-state index contributed by atoms with van der Waals surface area (Å²) in [5.41, 5.74) is 1.64. The van der Waals surface area contributed by atoms with E-state index in [2.05, 4.69) is 37.3 Å². The van der Waals surface area contributed by atoms with E-state index in [1.165, 1.54) is 24.8 Å². The third-order valence-electron chi connectivity index (χ3n) is 4.21. The molecule has 1 nitrogen and oxygen atoms in total. The van der Waals surface area contributed by atoms with Crippen LogP contribution in [0.5, 0.6) is 0 Å². The van der Waals surface area contributed by atoms with Gasteiger partial charge in [-0.15, -0.1) is 0 Å². The molecule has 1 aliphatic rings. The number of benzene rings is 1. The fourth-order valence-corrected chi connectivity index (χ4v) is 3.39. The van der Waals surface area contributed by atoms with Crippen molar-refractivity contribution in [1.82, 2.24) is 0 Å². The number of rotatable bonds is 3. The summed E-state index contributed by atoms with van der Waals surface area (Å²) in [5.74, 6) is 0.685. The molecule has 1 saturated carbocycles. The lowest BCUT2D eigenvalue weighted by Crippen LogP contribution is -2.32. The monoisotopic (exact) mass is 218 g/mol. The molecule has 0 heterocycles. The van der Waals surface area contributed by atoms with Gasteiger partial charge in [0, 0.05) is 5.41 Å². The Balaban J connectivity index is 2.35. The van der Waals surface area contributed by atoms with Crippen molar-refractivity contribution >= 4 is 0 Å². The Labute approximate surface area is 98.5 Å². The maximum absolute atomic E-state index is 9.76. The van der Waals surface area contributed by atoms with Crippen LogP contribution in [0.1, 0.15) is 45.1 Å². The Morgan fingerprint density at radius 2 is 2.06 bits per heavy atom. The second-order valence-corrected chi connectivity index (χ2v) is 5.37. The van der Waals surface area contributed by atoms with Gasteiger partial charge in [0.2, 0.25) is 0 Å². The Hall–Kier alpha value is -0.820. The van der Waals surface area contributed by atoms with Crippen LogP contribution in [0, 0.1) is 5.92 Å². The van der Waals surface area contributed by atoms with E-state index in [1.807, 2.05) is 6.92 Å². The van der Waals surface area contributed by atoms with Gasteiger partial charge < -0.3 is 5.11 Å². The van der Waals surface area contributed by atoms with Crippen LogP contribution < -0.4 is 0 Å². The zero-order chi connectivity index (χ0) is 11.6. The molecule has 1 aliphatic carbocycles. The van der Waals surface area contributed by atoms with Crippen LogP contribution in [-0.4, -0.2) is 11.2 Å². The van der Waals surface area contributed by atoms with Gasteiger partial charge in [-0.3, -0.25) is 0 Å². The molecule has 2 rings (SSSR count). The molecule has 0 unspecified atom stereocenters. The Bertz CT molecular complexity index is 331. The molecule has 1 heteroatoms. The van der Waals surface area contributed by atoms with E-state index in [1.54, 1.807) is 0 Å². The van der Waals surface area contributed by atoms with Crippen molar-refractivity contribution < 1.29 is 5.11 Å². The van der Waals surface area contributed by atoms with Crippen LogP contribution in [0.25, 0.3) is 0 Å². The summed E-state index contributed by atoms with van der Waals surface area (Å²) < 4.78 is 0. The SMILES string of the molecule is C[C@H](O)C[C@]1(c2ccccc2)CCC[C@@H]1C. The minimum atomic E-state index is -0.208. The van der Waals surface area contributed by atoms with Crippen LogP contribution in [0.15, 0.2) is 30.3 Å². The number of aliphatic hydroxyl groups excluding tert-OH is 1. The van der Waals surface area contributed by atoms with E-state index >= 15 is 0 Å². The van der Waals surface area contributed by atoms with E-state index < -0.39 is 0 Å². The lowest BCUT2D eigenvalue weighted by atomic mass is 9.69. The molecule has 1 aromatic carbocycles. The van der Waals surface area contributed by atoms with Gasteiger partial charge in [-0.2, -0.15) is 0 Å². The number of hydrogen-bond acceptors (Lipinski definition) is 1. The highest BCUT2D eigenvalue weighted by atomic mass is 16.3. The fraction of sp³-hybridized carbons (Fsp3) is 0.600. The second-order valence-electron chi connectivity index (χ2n) is 5.37. The first-order valence-corrected chi connectivity index (χ1v) is 6.39. The maximum atomic E-state index is 9.76. The minimum absolute atomic E-state index is 0.208. The second kappa shape index (κ2) is 4.58. The molecule has 1 aromatic rings. The zero-order valence-electron chi connectivity index (χ0n) is 10.3. The summed E-state index contributed by atoms with van der Waals surface area (Å²) in [7, 11) is 0. The van der Waals surface area contributed by atoms with E-state index in [0.717, 1.165) is 6.42 Å². The summed E-state index contributed by atoms with van der Waals surface area (Å²) in [6.45, 7) is 4.25.